The Morgan fingerprint density at radius 2 is 1.96 bits per heavy atom. The number of carbonyl (C=O) groups is 2. The molecule has 1 aliphatic rings. The summed E-state index contributed by atoms with van der Waals surface area (Å²) in [5, 5.41) is 5.89. The van der Waals surface area contributed by atoms with Gasteiger partial charge in [-0.1, -0.05) is 12.1 Å². The number of aryl methyl sites for hydroxylation is 1. The van der Waals surface area contributed by atoms with Gasteiger partial charge in [0.15, 0.2) is 5.11 Å². The normalized spacial score (nSPS) is 12.8. The van der Waals surface area contributed by atoms with Crippen LogP contribution in [0.3, 0.4) is 0 Å². The summed E-state index contributed by atoms with van der Waals surface area (Å²) in [5.74, 6) is -1.72. The van der Waals surface area contributed by atoms with Crippen LogP contribution in [-0.2, 0) is 17.6 Å². The van der Waals surface area contributed by atoms with E-state index in [-0.39, 0.29) is 10.7 Å². The summed E-state index contributed by atoms with van der Waals surface area (Å²) >= 11 is 6.60. The highest BCUT2D eigenvalue weighted by atomic mass is 32.1. The minimum absolute atomic E-state index is 0.00185. The lowest BCUT2D eigenvalue weighted by Crippen LogP contribution is -2.34. The number of amides is 1. The molecule has 3 rings (SSSR count). The summed E-state index contributed by atoms with van der Waals surface area (Å²) in [4.78, 5) is 25.5. The maximum absolute atomic E-state index is 13.7. The Kier molecular flexibility index (Phi) is 5.63. The molecule has 5 nitrogen and oxygen atoms in total. The fourth-order valence-electron chi connectivity index (χ4n) is 2.92. The quantitative estimate of drug-likeness (QED) is 0.616. The lowest BCUT2D eigenvalue weighted by atomic mass is 9.95. The second kappa shape index (κ2) is 7.92. The predicted octanol–water partition coefficient (Wildman–Crippen LogP) is 3.68. The fraction of sp³-hybridized carbons (Fsp3) is 0.278. The first-order valence-electron chi connectivity index (χ1n) is 8.11. The molecule has 0 spiro atoms. The number of nitrogens with one attached hydrogen (secondary N) is 2. The van der Waals surface area contributed by atoms with Crippen LogP contribution in [0.25, 0.3) is 0 Å². The van der Waals surface area contributed by atoms with Crippen LogP contribution in [-0.4, -0.2) is 24.1 Å². The molecule has 0 unspecified atom stereocenters. The molecule has 26 heavy (non-hydrogen) atoms. The number of thiocarbonyl (C=S) groups is 1. The number of hydrogen-bond donors (Lipinski definition) is 2. The Bertz CT molecular complexity index is 879. The molecule has 2 N–H and O–H groups in total. The van der Waals surface area contributed by atoms with Crippen LogP contribution < -0.4 is 10.6 Å². The minimum atomic E-state index is -0.651. The number of ether oxygens (including phenoxy) is 1. The third kappa shape index (κ3) is 3.76. The van der Waals surface area contributed by atoms with E-state index in [2.05, 4.69) is 10.6 Å². The zero-order chi connectivity index (χ0) is 18.7. The fourth-order valence-corrected chi connectivity index (χ4v) is 4.46. The Balaban J connectivity index is 1.79. The number of halogens is 1. The van der Waals surface area contributed by atoms with Crippen molar-refractivity contribution in [3.8, 4) is 0 Å². The highest BCUT2D eigenvalue weighted by Crippen LogP contribution is 2.38. The molecule has 0 saturated heterocycles. The molecule has 0 atom stereocenters. The van der Waals surface area contributed by atoms with Gasteiger partial charge in [0.1, 0.15) is 10.8 Å². The van der Waals surface area contributed by atoms with E-state index in [1.54, 1.807) is 6.07 Å². The van der Waals surface area contributed by atoms with Crippen molar-refractivity contribution < 1.29 is 18.7 Å². The number of carbonyl (C=O) groups excluding carboxylic acids is 2. The van der Waals surface area contributed by atoms with Gasteiger partial charge in [0.05, 0.1) is 18.2 Å². The monoisotopic (exact) mass is 392 g/mol. The van der Waals surface area contributed by atoms with Crippen LogP contribution in [0.4, 0.5) is 9.39 Å². The average Bonchev–Trinajstić information content (AvgIpc) is 2.98. The number of rotatable bonds is 3. The molecular formula is C18H17FN2O3S2. The van der Waals surface area contributed by atoms with Gasteiger partial charge >= 0.3 is 5.97 Å². The molecule has 0 fully saturated rings. The Labute approximate surface area is 159 Å². The van der Waals surface area contributed by atoms with E-state index in [4.69, 9.17) is 17.0 Å². The van der Waals surface area contributed by atoms with Gasteiger partial charge < -0.3 is 10.1 Å². The summed E-state index contributed by atoms with van der Waals surface area (Å²) in [6, 6.07) is 5.64. The van der Waals surface area contributed by atoms with E-state index in [0.717, 1.165) is 36.1 Å². The first kappa shape index (κ1) is 18.5. The first-order valence-corrected chi connectivity index (χ1v) is 9.33. The van der Waals surface area contributed by atoms with E-state index >= 15 is 0 Å². The molecule has 2 aromatic rings. The van der Waals surface area contributed by atoms with Gasteiger partial charge in [-0.15, -0.1) is 11.3 Å². The van der Waals surface area contributed by atoms with E-state index in [0.29, 0.717) is 10.6 Å². The third-order valence-corrected chi connectivity index (χ3v) is 5.54. The molecule has 1 aliphatic carbocycles. The number of methoxy groups -OCH3 is 1. The zero-order valence-electron chi connectivity index (χ0n) is 14.1. The summed E-state index contributed by atoms with van der Waals surface area (Å²) in [7, 11) is 1.33. The van der Waals surface area contributed by atoms with Crippen molar-refractivity contribution in [1.29, 1.82) is 0 Å². The van der Waals surface area contributed by atoms with Gasteiger partial charge in [0.2, 0.25) is 0 Å². The SMILES string of the molecule is COC(=O)c1c(NC(=S)NC(=O)c2ccccc2F)sc2c1CCCC2. The number of hydrogen-bond acceptors (Lipinski definition) is 5. The molecule has 1 aromatic heterocycles. The Morgan fingerprint density at radius 3 is 2.69 bits per heavy atom. The van der Waals surface area contributed by atoms with E-state index in [9.17, 15) is 14.0 Å². The molecule has 0 saturated carbocycles. The second-order valence-electron chi connectivity index (χ2n) is 5.79. The first-order chi connectivity index (χ1) is 12.5. The van der Waals surface area contributed by atoms with Crippen molar-refractivity contribution >= 4 is 45.5 Å². The van der Waals surface area contributed by atoms with Crippen LogP contribution in [0.15, 0.2) is 24.3 Å². The number of thiophene rings is 1. The maximum atomic E-state index is 13.7. The maximum Gasteiger partial charge on any atom is 0.341 e. The molecule has 1 amide bonds. The van der Waals surface area contributed by atoms with E-state index in [1.807, 2.05) is 0 Å². The van der Waals surface area contributed by atoms with E-state index in [1.165, 1.54) is 36.6 Å². The number of benzene rings is 1. The van der Waals surface area contributed by atoms with Gasteiger partial charge in [0, 0.05) is 4.88 Å². The molecule has 0 bridgehead atoms. The molecule has 0 aliphatic heterocycles. The van der Waals surface area contributed by atoms with Crippen molar-refractivity contribution in [2.45, 2.75) is 25.7 Å². The van der Waals surface area contributed by atoms with Crippen LogP contribution in [0.2, 0.25) is 0 Å². The van der Waals surface area contributed by atoms with Crippen LogP contribution in [0.5, 0.6) is 0 Å². The van der Waals surface area contributed by atoms with Crippen molar-refractivity contribution in [2.75, 3.05) is 12.4 Å². The van der Waals surface area contributed by atoms with Gasteiger partial charge in [-0.2, -0.15) is 0 Å². The van der Waals surface area contributed by atoms with Crippen molar-refractivity contribution in [2.24, 2.45) is 0 Å². The van der Waals surface area contributed by atoms with Gasteiger partial charge in [-0.25, -0.2) is 9.18 Å². The lowest BCUT2D eigenvalue weighted by Gasteiger charge is -2.12. The van der Waals surface area contributed by atoms with Gasteiger partial charge in [-0.3, -0.25) is 10.1 Å². The number of anilines is 1. The average molecular weight is 392 g/mol. The molecular weight excluding hydrogens is 375 g/mol. The van der Waals surface area contributed by atoms with Crippen LogP contribution in [0.1, 0.15) is 44.0 Å². The molecule has 1 aromatic carbocycles. The van der Waals surface area contributed by atoms with Crippen LogP contribution >= 0.6 is 23.6 Å². The molecule has 1 heterocycles. The third-order valence-electron chi connectivity index (χ3n) is 4.13. The smallest absolute Gasteiger partial charge is 0.341 e. The van der Waals surface area contributed by atoms with E-state index < -0.39 is 17.7 Å². The molecule has 0 radical (unpaired) electrons. The van der Waals surface area contributed by atoms with Gasteiger partial charge in [0.25, 0.3) is 5.91 Å². The summed E-state index contributed by atoms with van der Waals surface area (Å²) in [5.41, 5.74) is 1.35. The van der Waals surface area contributed by atoms with Crippen molar-refractivity contribution in [1.82, 2.24) is 5.32 Å². The molecule has 136 valence electrons. The minimum Gasteiger partial charge on any atom is -0.465 e. The van der Waals surface area contributed by atoms with Crippen molar-refractivity contribution in [3.05, 3.63) is 51.7 Å². The summed E-state index contributed by atoms with van der Waals surface area (Å²) in [6.45, 7) is 0. The second-order valence-corrected chi connectivity index (χ2v) is 7.31. The Hall–Kier alpha value is -2.32. The molecule has 8 heteroatoms. The summed E-state index contributed by atoms with van der Waals surface area (Å²) in [6.07, 6.45) is 3.80. The number of fused-ring (bicyclic) bond motifs is 1. The van der Waals surface area contributed by atoms with Crippen LogP contribution in [0, 0.1) is 5.82 Å². The summed E-state index contributed by atoms with van der Waals surface area (Å²) < 4.78 is 18.6. The standard InChI is InChI=1S/C18H17FN2O3S2/c1-24-17(23)14-11-7-3-5-9-13(11)26-16(14)21-18(25)20-15(22)10-6-2-4-8-12(10)19/h2,4,6,8H,3,5,7,9H2,1H3,(H2,20,21,22,25). The van der Waals surface area contributed by atoms with Gasteiger partial charge in [-0.05, 0) is 55.6 Å². The topological polar surface area (TPSA) is 67.4 Å². The zero-order valence-corrected chi connectivity index (χ0v) is 15.7. The highest BCUT2D eigenvalue weighted by molar-refractivity contribution is 7.80. The lowest BCUT2D eigenvalue weighted by molar-refractivity contribution is 0.0601. The predicted molar refractivity (Wildman–Crippen MR) is 102 cm³/mol. The largest absolute Gasteiger partial charge is 0.465 e. The van der Waals surface area contributed by atoms with Crippen molar-refractivity contribution in [3.63, 3.8) is 0 Å². The number of esters is 1. The Morgan fingerprint density at radius 1 is 1.23 bits per heavy atom. The highest BCUT2D eigenvalue weighted by Gasteiger charge is 2.26.